The number of hydrogen-bond donors (Lipinski definition) is 2. The molecule has 1 rings (SSSR count). The zero-order chi connectivity index (χ0) is 5.54. The summed E-state index contributed by atoms with van der Waals surface area (Å²) >= 11 is 0. The summed E-state index contributed by atoms with van der Waals surface area (Å²) in [6.45, 7) is 0. The summed E-state index contributed by atoms with van der Waals surface area (Å²) in [6.07, 6.45) is 2.88. The summed E-state index contributed by atoms with van der Waals surface area (Å²) in [7, 11) is 0. The topological polar surface area (TPSA) is 91.0 Å². The third-order valence-electron chi connectivity index (χ3n) is 0.283. The van der Waals surface area contributed by atoms with Gasteiger partial charge in [-0.1, -0.05) is 0 Å². The van der Waals surface area contributed by atoms with E-state index in [1.54, 1.807) is 0 Å². The average molecular weight is 102 g/mol. The molecule has 1 aromatic heterocycles. The first-order valence-electron chi connectivity index (χ1n) is 1.54. The van der Waals surface area contributed by atoms with Gasteiger partial charge in [0.05, 0.1) is 6.20 Å². The summed E-state index contributed by atoms with van der Waals surface area (Å²) < 4.78 is 4.22. The van der Waals surface area contributed by atoms with Crippen molar-refractivity contribution in [1.29, 1.82) is 0 Å². The Labute approximate surface area is 40.2 Å². The molecule has 0 fully saturated rings. The van der Waals surface area contributed by atoms with Gasteiger partial charge >= 0.3 is 0 Å². The molecule has 0 unspecified atom stereocenters. The predicted molar refractivity (Wildman–Crippen MR) is 22.7 cm³/mol. The largest absolute Gasteiger partial charge is 0.346 e. The zero-order valence-corrected chi connectivity index (χ0v) is 3.61. The number of rotatable bonds is 0. The fraction of sp³-hybridized carbons (Fsp3) is 0. The number of aromatic nitrogens is 2. The quantitative estimate of drug-likeness (QED) is 0.320. The average Bonchev–Trinajstić information content (AvgIpc) is 2.23. The van der Waals surface area contributed by atoms with E-state index >= 15 is 0 Å². The second kappa shape index (κ2) is 5.06. The molecule has 0 aliphatic heterocycles. The minimum atomic E-state index is 1.40. The Hall–Kier alpha value is -0.940. The van der Waals surface area contributed by atoms with E-state index in [1.165, 1.54) is 12.5 Å². The molecule has 40 valence electrons. The molecule has 0 amide bonds. The van der Waals surface area contributed by atoms with Gasteiger partial charge in [0.2, 0.25) is 0 Å². The number of hydrazine groups is 1. The lowest BCUT2D eigenvalue weighted by Gasteiger charge is -1.45. The Kier molecular flexibility index (Phi) is 4.38. The lowest BCUT2D eigenvalue weighted by atomic mass is 11.0. The standard InChI is InChI=1S/C2H2N2O.H4N2/c1-2-5-4-3-1;1-2/h1-2H;1-2H2. The Bertz CT molecular complexity index is 66.2. The molecule has 0 saturated carbocycles. The molecular weight excluding hydrogens is 96.0 g/mol. The third kappa shape index (κ3) is 2.87. The van der Waals surface area contributed by atoms with E-state index in [2.05, 4.69) is 26.6 Å². The fourth-order valence-corrected chi connectivity index (χ4v) is 0.136. The molecule has 0 radical (unpaired) electrons. The van der Waals surface area contributed by atoms with Crippen molar-refractivity contribution in [2.24, 2.45) is 11.7 Å². The maximum absolute atomic E-state index is 4.22. The van der Waals surface area contributed by atoms with Crippen LogP contribution in [0.3, 0.4) is 0 Å². The third-order valence-corrected chi connectivity index (χ3v) is 0.283. The van der Waals surface area contributed by atoms with E-state index < -0.39 is 0 Å². The van der Waals surface area contributed by atoms with Gasteiger partial charge in [-0.05, 0) is 0 Å². The van der Waals surface area contributed by atoms with Gasteiger partial charge in [-0.2, -0.15) is 0 Å². The van der Waals surface area contributed by atoms with Crippen molar-refractivity contribution in [3.8, 4) is 0 Å². The summed E-state index contributed by atoms with van der Waals surface area (Å²) in [6, 6.07) is 0. The van der Waals surface area contributed by atoms with Gasteiger partial charge in [0.25, 0.3) is 0 Å². The predicted octanol–water partition coefficient (Wildman–Crippen LogP) is -1.11. The highest BCUT2D eigenvalue weighted by atomic mass is 16.5. The second-order valence-electron chi connectivity index (χ2n) is 0.588. The van der Waals surface area contributed by atoms with E-state index in [4.69, 9.17) is 0 Å². The van der Waals surface area contributed by atoms with Gasteiger partial charge < -0.3 is 4.52 Å². The van der Waals surface area contributed by atoms with Gasteiger partial charge in [0, 0.05) is 5.27 Å². The molecule has 5 nitrogen and oxygen atoms in total. The van der Waals surface area contributed by atoms with Crippen LogP contribution in [0.15, 0.2) is 17.0 Å². The Morgan fingerprint density at radius 3 is 2.29 bits per heavy atom. The van der Waals surface area contributed by atoms with Crippen molar-refractivity contribution < 1.29 is 4.52 Å². The lowest BCUT2D eigenvalue weighted by Crippen LogP contribution is -2.02. The van der Waals surface area contributed by atoms with Crippen LogP contribution in [0.2, 0.25) is 0 Å². The summed E-state index contributed by atoms with van der Waals surface area (Å²) in [5.74, 6) is 8.00. The maximum atomic E-state index is 4.22. The van der Waals surface area contributed by atoms with Crippen LogP contribution in [-0.2, 0) is 0 Å². The van der Waals surface area contributed by atoms with Crippen LogP contribution in [-0.4, -0.2) is 10.4 Å². The molecule has 0 atom stereocenters. The maximum Gasteiger partial charge on any atom is 0.144 e. The van der Waals surface area contributed by atoms with Crippen molar-refractivity contribution in [2.45, 2.75) is 0 Å². The van der Waals surface area contributed by atoms with Crippen LogP contribution in [0.25, 0.3) is 0 Å². The van der Waals surface area contributed by atoms with Crippen LogP contribution in [0.1, 0.15) is 0 Å². The van der Waals surface area contributed by atoms with E-state index in [1.807, 2.05) is 0 Å². The van der Waals surface area contributed by atoms with Crippen LogP contribution in [0.5, 0.6) is 0 Å². The minimum Gasteiger partial charge on any atom is -0.346 e. The van der Waals surface area contributed by atoms with Gasteiger partial charge in [-0.25, -0.2) is 0 Å². The second-order valence-corrected chi connectivity index (χ2v) is 0.588. The summed E-state index contributed by atoms with van der Waals surface area (Å²) in [4.78, 5) is 0. The highest BCUT2D eigenvalue weighted by molar-refractivity contribution is 4.48. The molecule has 0 saturated heterocycles. The van der Waals surface area contributed by atoms with Crippen molar-refractivity contribution in [3.05, 3.63) is 12.5 Å². The first-order chi connectivity index (χ1) is 3.50. The lowest BCUT2D eigenvalue weighted by molar-refractivity contribution is 0.393. The molecule has 0 aromatic carbocycles. The number of hydrogen-bond acceptors (Lipinski definition) is 5. The molecule has 0 aliphatic rings. The smallest absolute Gasteiger partial charge is 0.144 e. The Morgan fingerprint density at radius 2 is 2.14 bits per heavy atom. The zero-order valence-electron chi connectivity index (χ0n) is 3.61. The summed E-state index contributed by atoms with van der Waals surface area (Å²) in [5.41, 5.74) is 0. The Morgan fingerprint density at radius 1 is 1.43 bits per heavy atom. The molecule has 4 N–H and O–H groups in total. The van der Waals surface area contributed by atoms with Crippen molar-refractivity contribution in [3.63, 3.8) is 0 Å². The first-order valence-corrected chi connectivity index (χ1v) is 1.54. The highest BCUT2D eigenvalue weighted by Crippen LogP contribution is 1.64. The molecule has 0 bridgehead atoms. The van der Waals surface area contributed by atoms with Crippen LogP contribution >= 0.6 is 0 Å². The van der Waals surface area contributed by atoms with Gasteiger partial charge in [0.1, 0.15) is 6.26 Å². The molecule has 5 heteroatoms. The molecule has 1 heterocycles. The van der Waals surface area contributed by atoms with Gasteiger partial charge in [0.15, 0.2) is 0 Å². The monoisotopic (exact) mass is 102 g/mol. The first kappa shape index (κ1) is 6.06. The Balaban J connectivity index is 0.000000162. The minimum absolute atomic E-state index is 1.40. The van der Waals surface area contributed by atoms with Crippen molar-refractivity contribution in [2.75, 3.05) is 0 Å². The normalized spacial score (nSPS) is 6.57. The number of nitrogens with two attached hydrogens (primary N) is 2. The molecule has 1 aromatic rings. The van der Waals surface area contributed by atoms with Crippen LogP contribution in [0.4, 0.5) is 0 Å². The van der Waals surface area contributed by atoms with Crippen LogP contribution in [0, 0.1) is 0 Å². The van der Waals surface area contributed by atoms with Gasteiger partial charge in [-0.3, -0.25) is 11.7 Å². The van der Waals surface area contributed by atoms with Gasteiger partial charge in [-0.15, -0.1) is 5.10 Å². The van der Waals surface area contributed by atoms with E-state index in [-0.39, 0.29) is 0 Å². The molecule has 7 heavy (non-hydrogen) atoms. The van der Waals surface area contributed by atoms with Crippen molar-refractivity contribution in [1.82, 2.24) is 10.4 Å². The van der Waals surface area contributed by atoms with E-state index in [9.17, 15) is 0 Å². The van der Waals surface area contributed by atoms with Crippen molar-refractivity contribution >= 4 is 0 Å². The molecular formula is C2H6N4O. The fourth-order valence-electron chi connectivity index (χ4n) is 0.136. The highest BCUT2D eigenvalue weighted by Gasteiger charge is 1.61. The SMILES string of the molecule is NN.c1conn1. The number of nitrogens with zero attached hydrogens (tertiary/aromatic N) is 2. The summed E-state index contributed by atoms with van der Waals surface area (Å²) in [5, 5.41) is 6.40. The molecule has 0 aliphatic carbocycles. The van der Waals surface area contributed by atoms with E-state index in [0.717, 1.165) is 0 Å². The van der Waals surface area contributed by atoms with E-state index in [0.29, 0.717) is 0 Å². The van der Waals surface area contributed by atoms with Crippen LogP contribution < -0.4 is 11.7 Å². The molecule has 0 spiro atoms.